The summed E-state index contributed by atoms with van der Waals surface area (Å²) in [6, 6.07) is 7.79. The number of aryl methyl sites for hydroxylation is 1. The minimum absolute atomic E-state index is 0.0609. The molecule has 0 unspecified atom stereocenters. The Kier molecular flexibility index (Phi) is 4.58. The van der Waals surface area contributed by atoms with E-state index in [9.17, 15) is 4.79 Å². The van der Waals surface area contributed by atoms with E-state index in [0.29, 0.717) is 5.69 Å². The molecule has 1 atom stereocenters. The van der Waals surface area contributed by atoms with Gasteiger partial charge >= 0.3 is 0 Å². The molecule has 2 aliphatic rings. The van der Waals surface area contributed by atoms with Crippen molar-refractivity contribution < 1.29 is 14.1 Å². The summed E-state index contributed by atoms with van der Waals surface area (Å²) in [5.74, 6) is 1.54. The highest BCUT2D eigenvalue weighted by Gasteiger charge is 2.29. The van der Waals surface area contributed by atoms with Gasteiger partial charge in [0.1, 0.15) is 11.5 Å². The monoisotopic (exact) mass is 392 g/mol. The van der Waals surface area contributed by atoms with E-state index < -0.39 is 0 Å². The van der Waals surface area contributed by atoms with Crippen molar-refractivity contribution in [3.8, 4) is 11.4 Å². The average Bonchev–Trinajstić information content (AvgIpc) is 3.39. The fraction of sp³-hybridized carbons (Fsp3) is 0.409. The smallest absolute Gasteiger partial charge is 0.274 e. The number of fused-ring (bicyclic) bond motifs is 2. The third-order valence-electron chi connectivity index (χ3n) is 5.97. The first-order valence-corrected chi connectivity index (χ1v) is 10.2. The molecule has 29 heavy (non-hydrogen) atoms. The lowest BCUT2D eigenvalue weighted by Crippen LogP contribution is -2.32. The van der Waals surface area contributed by atoms with Crippen LogP contribution < -0.4 is 10.1 Å². The van der Waals surface area contributed by atoms with Crippen molar-refractivity contribution in [1.82, 2.24) is 20.3 Å². The van der Waals surface area contributed by atoms with Crippen molar-refractivity contribution in [3.05, 3.63) is 58.7 Å². The number of benzene rings is 1. The van der Waals surface area contributed by atoms with Gasteiger partial charge < -0.3 is 14.6 Å². The summed E-state index contributed by atoms with van der Waals surface area (Å²) in [5, 5.41) is 11.8. The van der Waals surface area contributed by atoms with Crippen LogP contribution in [0.5, 0.6) is 5.75 Å². The lowest BCUT2D eigenvalue weighted by molar-refractivity contribution is 0.0922. The number of rotatable bonds is 4. The van der Waals surface area contributed by atoms with Gasteiger partial charge in [-0.15, -0.1) is 0 Å². The summed E-state index contributed by atoms with van der Waals surface area (Å²) in [7, 11) is 1.66. The number of amides is 1. The van der Waals surface area contributed by atoms with Gasteiger partial charge in [0.2, 0.25) is 0 Å². The highest BCUT2D eigenvalue weighted by atomic mass is 16.5. The van der Waals surface area contributed by atoms with Crippen molar-refractivity contribution in [2.75, 3.05) is 7.11 Å². The van der Waals surface area contributed by atoms with Crippen molar-refractivity contribution in [2.45, 2.75) is 51.0 Å². The van der Waals surface area contributed by atoms with Crippen LogP contribution in [0.2, 0.25) is 0 Å². The number of carbonyl (C=O) groups is 1. The van der Waals surface area contributed by atoms with Gasteiger partial charge in [-0.1, -0.05) is 5.16 Å². The highest BCUT2D eigenvalue weighted by Crippen LogP contribution is 2.32. The van der Waals surface area contributed by atoms with Gasteiger partial charge in [0.05, 0.1) is 25.0 Å². The van der Waals surface area contributed by atoms with E-state index in [4.69, 9.17) is 9.26 Å². The van der Waals surface area contributed by atoms with E-state index in [1.807, 2.05) is 35.1 Å². The zero-order chi connectivity index (χ0) is 19.8. The number of nitrogens with zero attached hydrogens (tertiary/aromatic N) is 3. The molecule has 0 spiro atoms. The molecule has 1 aromatic carbocycles. The molecule has 0 fully saturated rings. The van der Waals surface area contributed by atoms with Crippen LogP contribution in [0.1, 0.15) is 64.8 Å². The van der Waals surface area contributed by atoms with Gasteiger partial charge in [0.15, 0.2) is 5.69 Å². The molecular formula is C22H24N4O3. The lowest BCUT2D eigenvalue weighted by Gasteiger charge is -2.24. The van der Waals surface area contributed by atoms with Crippen LogP contribution in [0.4, 0.5) is 0 Å². The Morgan fingerprint density at radius 2 is 2.00 bits per heavy atom. The second kappa shape index (κ2) is 7.39. The Balaban J connectivity index is 1.39. The molecule has 0 aliphatic heterocycles. The van der Waals surface area contributed by atoms with Crippen molar-refractivity contribution in [1.29, 1.82) is 0 Å². The van der Waals surface area contributed by atoms with E-state index in [1.54, 1.807) is 7.11 Å². The van der Waals surface area contributed by atoms with Gasteiger partial charge in [-0.25, -0.2) is 4.68 Å². The zero-order valence-electron chi connectivity index (χ0n) is 16.5. The number of ether oxygens (including phenoxy) is 1. The standard InChI is InChI=1S/C22H24N4O3/c1-28-15-11-9-14(10-12-15)26-19-7-4-6-18(17(19)13-23-26)24-22(27)21-16-5-2-3-8-20(16)29-25-21/h9-13,18H,2-8H2,1H3,(H,24,27)/t18-/m1/s1. The largest absolute Gasteiger partial charge is 0.497 e. The molecule has 3 aromatic rings. The molecule has 0 saturated carbocycles. The normalized spacial score (nSPS) is 18.0. The van der Waals surface area contributed by atoms with Gasteiger partial charge in [0.25, 0.3) is 5.91 Å². The van der Waals surface area contributed by atoms with E-state index in [1.165, 1.54) is 0 Å². The minimum atomic E-state index is -0.146. The molecule has 150 valence electrons. The molecule has 5 rings (SSSR count). The van der Waals surface area contributed by atoms with Crippen molar-refractivity contribution in [3.63, 3.8) is 0 Å². The molecule has 2 heterocycles. The van der Waals surface area contributed by atoms with Gasteiger partial charge in [-0.3, -0.25) is 4.79 Å². The Morgan fingerprint density at radius 3 is 2.83 bits per heavy atom. The molecule has 2 aliphatic carbocycles. The number of methoxy groups -OCH3 is 1. The van der Waals surface area contributed by atoms with E-state index >= 15 is 0 Å². The Morgan fingerprint density at radius 1 is 1.17 bits per heavy atom. The topological polar surface area (TPSA) is 82.2 Å². The summed E-state index contributed by atoms with van der Waals surface area (Å²) in [6.07, 6.45) is 8.63. The maximum Gasteiger partial charge on any atom is 0.274 e. The van der Waals surface area contributed by atoms with Crippen LogP contribution in [0.25, 0.3) is 5.69 Å². The van der Waals surface area contributed by atoms with Crippen LogP contribution in [-0.2, 0) is 19.3 Å². The van der Waals surface area contributed by atoms with E-state index in [0.717, 1.165) is 79.0 Å². The zero-order valence-corrected chi connectivity index (χ0v) is 16.5. The summed E-state index contributed by atoms with van der Waals surface area (Å²) in [5.41, 5.74) is 4.66. The number of aromatic nitrogens is 3. The van der Waals surface area contributed by atoms with Crippen LogP contribution in [0, 0.1) is 0 Å². The summed E-state index contributed by atoms with van der Waals surface area (Å²) < 4.78 is 12.6. The van der Waals surface area contributed by atoms with E-state index in [-0.39, 0.29) is 11.9 Å². The van der Waals surface area contributed by atoms with Crippen LogP contribution >= 0.6 is 0 Å². The fourth-order valence-electron chi connectivity index (χ4n) is 4.44. The van der Waals surface area contributed by atoms with Gasteiger partial charge in [-0.05, 0) is 62.8 Å². The SMILES string of the molecule is COc1ccc(-n2ncc3c2CCC[C@H]3NC(=O)c2noc3c2CCCC3)cc1. The average molecular weight is 392 g/mol. The second-order valence-electron chi connectivity index (χ2n) is 7.71. The first-order chi connectivity index (χ1) is 14.2. The minimum Gasteiger partial charge on any atom is -0.497 e. The second-order valence-corrected chi connectivity index (χ2v) is 7.71. The van der Waals surface area contributed by atoms with Crippen LogP contribution in [-0.4, -0.2) is 28.0 Å². The quantitative estimate of drug-likeness (QED) is 0.734. The summed E-state index contributed by atoms with van der Waals surface area (Å²) in [6.45, 7) is 0. The molecular weight excluding hydrogens is 368 g/mol. The Hall–Kier alpha value is -3.09. The molecule has 0 saturated heterocycles. The molecule has 1 N–H and O–H groups in total. The third-order valence-corrected chi connectivity index (χ3v) is 5.97. The molecule has 2 aromatic heterocycles. The van der Waals surface area contributed by atoms with Gasteiger partial charge in [-0.2, -0.15) is 5.10 Å². The summed E-state index contributed by atoms with van der Waals surface area (Å²) in [4.78, 5) is 12.9. The number of carbonyl (C=O) groups excluding carboxylic acids is 1. The molecule has 0 radical (unpaired) electrons. The summed E-state index contributed by atoms with van der Waals surface area (Å²) >= 11 is 0. The third kappa shape index (κ3) is 3.20. The predicted octanol–water partition coefficient (Wildman–Crippen LogP) is 3.56. The Bertz CT molecular complexity index is 1040. The molecule has 7 heteroatoms. The highest BCUT2D eigenvalue weighted by molar-refractivity contribution is 5.94. The van der Waals surface area contributed by atoms with Gasteiger partial charge in [0, 0.05) is 23.2 Å². The number of hydrogen-bond donors (Lipinski definition) is 1. The molecule has 0 bridgehead atoms. The van der Waals surface area contributed by atoms with Crippen LogP contribution in [0.3, 0.4) is 0 Å². The maximum atomic E-state index is 12.9. The number of nitrogens with one attached hydrogen (secondary N) is 1. The maximum absolute atomic E-state index is 12.9. The lowest BCUT2D eigenvalue weighted by atomic mass is 9.92. The van der Waals surface area contributed by atoms with Crippen LogP contribution in [0.15, 0.2) is 35.0 Å². The fourth-order valence-corrected chi connectivity index (χ4v) is 4.44. The van der Waals surface area contributed by atoms with E-state index in [2.05, 4.69) is 15.6 Å². The van der Waals surface area contributed by atoms with Crippen molar-refractivity contribution >= 4 is 5.91 Å². The predicted molar refractivity (Wildman–Crippen MR) is 106 cm³/mol. The first kappa shape index (κ1) is 18.0. The van der Waals surface area contributed by atoms with Crippen molar-refractivity contribution in [2.24, 2.45) is 0 Å². The molecule has 1 amide bonds. The Labute approximate surface area is 169 Å². The molecule has 7 nitrogen and oxygen atoms in total. The number of hydrogen-bond acceptors (Lipinski definition) is 5. The first-order valence-electron chi connectivity index (χ1n) is 10.2.